The highest BCUT2D eigenvalue weighted by Gasteiger charge is 2.15. The van der Waals surface area contributed by atoms with Gasteiger partial charge in [0.1, 0.15) is 0 Å². The Kier molecular flexibility index (Phi) is 5.46. The first-order valence-electron chi connectivity index (χ1n) is 8.86. The van der Waals surface area contributed by atoms with Crippen molar-refractivity contribution in [3.8, 4) is 5.69 Å². The second-order valence-electron chi connectivity index (χ2n) is 6.47. The van der Waals surface area contributed by atoms with Crippen LogP contribution < -0.4 is 5.32 Å². The molecule has 0 aliphatic carbocycles. The zero-order valence-electron chi connectivity index (χ0n) is 15.4. The number of pyridine rings is 1. The van der Waals surface area contributed by atoms with Crippen LogP contribution in [-0.4, -0.2) is 20.7 Å². The summed E-state index contributed by atoms with van der Waals surface area (Å²) in [7, 11) is 0. The Morgan fingerprint density at radius 3 is 2.62 bits per heavy atom. The average Bonchev–Trinajstić information content (AvgIpc) is 2.95. The molecule has 5 heteroatoms. The van der Waals surface area contributed by atoms with E-state index in [1.165, 1.54) is 0 Å². The molecule has 3 rings (SSSR count). The van der Waals surface area contributed by atoms with Gasteiger partial charge in [-0.15, -0.1) is 0 Å². The number of nitrogens with zero attached hydrogens (tertiary/aromatic N) is 3. The highest BCUT2D eigenvalue weighted by Crippen LogP contribution is 2.19. The van der Waals surface area contributed by atoms with Gasteiger partial charge in [0.15, 0.2) is 0 Å². The lowest BCUT2D eigenvalue weighted by atomic mass is 10.1. The second-order valence-corrected chi connectivity index (χ2v) is 6.47. The number of rotatable bonds is 6. The largest absolute Gasteiger partial charge is 0.350 e. The molecule has 5 nitrogen and oxygen atoms in total. The third-order valence-electron chi connectivity index (χ3n) is 4.61. The standard InChI is InChI=1S/C21H24N4O/c1-15(18-8-7-13-22-14-18)23-21(26)12-11-20-16(2)24-25(17(20)3)19-9-5-4-6-10-19/h4-10,13-15H,11-12H2,1-3H3,(H,23,26)/t15-/m0/s1. The van der Waals surface area contributed by atoms with Gasteiger partial charge >= 0.3 is 0 Å². The van der Waals surface area contributed by atoms with Gasteiger partial charge in [-0.25, -0.2) is 4.68 Å². The minimum atomic E-state index is -0.0505. The van der Waals surface area contributed by atoms with E-state index in [-0.39, 0.29) is 11.9 Å². The molecule has 134 valence electrons. The second kappa shape index (κ2) is 7.95. The summed E-state index contributed by atoms with van der Waals surface area (Å²) in [6, 6.07) is 13.8. The van der Waals surface area contributed by atoms with Crippen LogP contribution in [0.25, 0.3) is 5.69 Å². The molecule has 0 radical (unpaired) electrons. The molecule has 0 aliphatic rings. The predicted molar refractivity (Wildman–Crippen MR) is 102 cm³/mol. The van der Waals surface area contributed by atoms with Gasteiger partial charge < -0.3 is 5.32 Å². The molecule has 0 unspecified atom stereocenters. The molecular weight excluding hydrogens is 324 g/mol. The van der Waals surface area contributed by atoms with E-state index in [4.69, 9.17) is 0 Å². The maximum atomic E-state index is 12.3. The van der Waals surface area contributed by atoms with Crippen molar-refractivity contribution in [1.29, 1.82) is 0 Å². The van der Waals surface area contributed by atoms with E-state index in [0.717, 1.165) is 28.2 Å². The van der Waals surface area contributed by atoms with Crippen LogP contribution in [0.3, 0.4) is 0 Å². The summed E-state index contributed by atoms with van der Waals surface area (Å²) in [6.07, 6.45) is 4.62. The zero-order chi connectivity index (χ0) is 18.5. The topological polar surface area (TPSA) is 59.8 Å². The van der Waals surface area contributed by atoms with Gasteiger partial charge in [0.25, 0.3) is 0 Å². The number of aryl methyl sites for hydroxylation is 1. The minimum absolute atomic E-state index is 0.0348. The highest BCUT2D eigenvalue weighted by atomic mass is 16.1. The van der Waals surface area contributed by atoms with Crippen molar-refractivity contribution in [3.05, 3.63) is 77.4 Å². The number of para-hydroxylation sites is 1. The van der Waals surface area contributed by atoms with Crippen LogP contribution >= 0.6 is 0 Å². The Morgan fingerprint density at radius 1 is 1.15 bits per heavy atom. The van der Waals surface area contributed by atoms with Crippen molar-refractivity contribution < 1.29 is 4.79 Å². The molecule has 3 aromatic rings. The van der Waals surface area contributed by atoms with Crippen molar-refractivity contribution >= 4 is 5.91 Å². The molecule has 2 heterocycles. The van der Waals surface area contributed by atoms with Crippen molar-refractivity contribution in [2.75, 3.05) is 0 Å². The molecule has 0 fully saturated rings. The lowest BCUT2D eigenvalue weighted by Crippen LogP contribution is -2.27. The first kappa shape index (κ1) is 17.9. The maximum Gasteiger partial charge on any atom is 0.220 e. The summed E-state index contributed by atoms with van der Waals surface area (Å²) >= 11 is 0. The van der Waals surface area contributed by atoms with E-state index in [9.17, 15) is 4.79 Å². The fraction of sp³-hybridized carbons (Fsp3) is 0.286. The number of carbonyl (C=O) groups excluding carboxylic acids is 1. The van der Waals surface area contributed by atoms with E-state index in [1.54, 1.807) is 12.4 Å². The number of nitrogens with one attached hydrogen (secondary N) is 1. The Bertz CT molecular complexity index is 872. The third kappa shape index (κ3) is 3.99. The maximum absolute atomic E-state index is 12.3. The van der Waals surface area contributed by atoms with Gasteiger partial charge in [-0.2, -0.15) is 5.10 Å². The molecule has 0 saturated heterocycles. The Balaban J connectivity index is 1.65. The van der Waals surface area contributed by atoms with Crippen LogP contribution in [0.15, 0.2) is 54.9 Å². The summed E-state index contributed by atoms with van der Waals surface area (Å²) in [6.45, 7) is 6.02. The van der Waals surface area contributed by atoms with E-state index in [2.05, 4.69) is 22.3 Å². The lowest BCUT2D eigenvalue weighted by Gasteiger charge is -2.14. The summed E-state index contributed by atoms with van der Waals surface area (Å²) in [4.78, 5) is 16.4. The van der Waals surface area contributed by atoms with Crippen molar-refractivity contribution in [3.63, 3.8) is 0 Å². The minimum Gasteiger partial charge on any atom is -0.350 e. The van der Waals surface area contributed by atoms with Crippen LogP contribution in [0.4, 0.5) is 0 Å². The van der Waals surface area contributed by atoms with Crippen LogP contribution in [0, 0.1) is 13.8 Å². The monoisotopic (exact) mass is 348 g/mol. The van der Waals surface area contributed by atoms with E-state index in [0.29, 0.717) is 12.8 Å². The molecule has 0 saturated carbocycles. The van der Waals surface area contributed by atoms with Crippen molar-refractivity contribution in [1.82, 2.24) is 20.1 Å². The molecule has 1 aromatic carbocycles. The number of hydrogen-bond acceptors (Lipinski definition) is 3. The molecular formula is C21H24N4O. The van der Waals surface area contributed by atoms with E-state index >= 15 is 0 Å². The fourth-order valence-corrected chi connectivity index (χ4v) is 3.13. The highest BCUT2D eigenvalue weighted by molar-refractivity contribution is 5.76. The smallest absolute Gasteiger partial charge is 0.220 e. The van der Waals surface area contributed by atoms with Gasteiger partial charge in [0, 0.05) is 24.5 Å². The summed E-state index contributed by atoms with van der Waals surface area (Å²) in [5, 5.41) is 7.68. The molecule has 0 spiro atoms. The average molecular weight is 348 g/mol. The predicted octanol–water partition coefficient (Wildman–Crippen LogP) is 3.69. The van der Waals surface area contributed by atoms with E-state index < -0.39 is 0 Å². The third-order valence-corrected chi connectivity index (χ3v) is 4.61. The number of hydrogen-bond donors (Lipinski definition) is 1. The number of benzene rings is 1. The van der Waals surface area contributed by atoms with Crippen LogP contribution in [0.2, 0.25) is 0 Å². The summed E-state index contributed by atoms with van der Waals surface area (Å²) < 4.78 is 1.95. The molecule has 26 heavy (non-hydrogen) atoms. The van der Waals surface area contributed by atoms with Gasteiger partial charge in [0.2, 0.25) is 5.91 Å². The number of amides is 1. The zero-order valence-corrected chi connectivity index (χ0v) is 15.4. The Morgan fingerprint density at radius 2 is 1.92 bits per heavy atom. The molecule has 1 atom stereocenters. The van der Waals surface area contributed by atoms with Crippen LogP contribution in [0.5, 0.6) is 0 Å². The quantitative estimate of drug-likeness (QED) is 0.739. The first-order valence-corrected chi connectivity index (χ1v) is 8.86. The van der Waals surface area contributed by atoms with Gasteiger partial charge in [-0.05, 0) is 56.5 Å². The lowest BCUT2D eigenvalue weighted by molar-refractivity contribution is -0.121. The van der Waals surface area contributed by atoms with Gasteiger partial charge in [-0.1, -0.05) is 24.3 Å². The van der Waals surface area contributed by atoms with Gasteiger partial charge in [-0.3, -0.25) is 9.78 Å². The normalized spacial score (nSPS) is 12.0. The van der Waals surface area contributed by atoms with Gasteiger partial charge in [0.05, 0.1) is 17.4 Å². The Labute approximate surface area is 154 Å². The van der Waals surface area contributed by atoms with Crippen molar-refractivity contribution in [2.45, 2.75) is 39.7 Å². The first-order chi connectivity index (χ1) is 12.6. The molecule has 1 N–H and O–H groups in total. The van der Waals surface area contributed by atoms with Crippen LogP contribution in [-0.2, 0) is 11.2 Å². The van der Waals surface area contributed by atoms with Crippen LogP contribution in [0.1, 0.15) is 41.9 Å². The molecule has 2 aromatic heterocycles. The molecule has 0 aliphatic heterocycles. The molecule has 0 bridgehead atoms. The van der Waals surface area contributed by atoms with E-state index in [1.807, 2.05) is 61.0 Å². The summed E-state index contributed by atoms with van der Waals surface area (Å²) in [5.74, 6) is 0.0348. The van der Waals surface area contributed by atoms with Crippen molar-refractivity contribution in [2.24, 2.45) is 0 Å². The molecule has 1 amide bonds. The number of carbonyl (C=O) groups is 1. The number of aromatic nitrogens is 3. The Hall–Kier alpha value is -2.95. The summed E-state index contributed by atoms with van der Waals surface area (Å²) in [5.41, 5.74) is 5.23. The SMILES string of the molecule is Cc1nn(-c2ccccc2)c(C)c1CCC(=O)N[C@@H](C)c1cccnc1. The fourth-order valence-electron chi connectivity index (χ4n) is 3.13.